The lowest BCUT2D eigenvalue weighted by atomic mass is 10.0. The van der Waals surface area contributed by atoms with Crippen LogP contribution in [0.4, 0.5) is 0 Å². The van der Waals surface area contributed by atoms with Crippen LogP contribution in [-0.2, 0) is 28.6 Å². The van der Waals surface area contributed by atoms with E-state index in [0.717, 1.165) is 96.3 Å². The number of carbonyl (C=O) groups is 3. The highest BCUT2D eigenvalue weighted by Gasteiger charge is 2.19. The molecular weight excluding hydrogens is 853 g/mol. The zero-order valence-corrected chi connectivity index (χ0v) is 45.6. The lowest BCUT2D eigenvalue weighted by Gasteiger charge is -2.18. The third-order valence-electron chi connectivity index (χ3n) is 12.7. The summed E-state index contributed by atoms with van der Waals surface area (Å²) in [5, 5.41) is 0. The second kappa shape index (κ2) is 57.4. The van der Waals surface area contributed by atoms with Gasteiger partial charge in [0.2, 0.25) is 0 Å². The van der Waals surface area contributed by atoms with Gasteiger partial charge in [-0.1, -0.05) is 273 Å². The fourth-order valence-corrected chi connectivity index (χ4v) is 8.33. The molecule has 0 aromatic heterocycles. The predicted octanol–water partition coefficient (Wildman–Crippen LogP) is 19.8. The molecule has 0 aromatic rings. The number of unbranched alkanes of at least 4 members (excludes halogenated alkanes) is 30. The highest BCUT2D eigenvalue weighted by atomic mass is 16.6. The Morgan fingerprint density at radius 2 is 0.565 bits per heavy atom. The first-order valence-electron chi connectivity index (χ1n) is 29.4. The van der Waals surface area contributed by atoms with Crippen molar-refractivity contribution in [2.45, 2.75) is 297 Å². The van der Waals surface area contributed by atoms with Crippen molar-refractivity contribution in [3.63, 3.8) is 0 Å². The summed E-state index contributed by atoms with van der Waals surface area (Å²) in [6, 6.07) is 0. The molecule has 0 aliphatic rings. The molecule has 398 valence electrons. The maximum absolute atomic E-state index is 12.7. The minimum absolute atomic E-state index is 0.0705. The average molecular weight is 964 g/mol. The summed E-state index contributed by atoms with van der Waals surface area (Å²) in [5.74, 6) is -0.870. The number of hydrogen-bond acceptors (Lipinski definition) is 6. The third kappa shape index (κ3) is 55.6. The summed E-state index contributed by atoms with van der Waals surface area (Å²) in [7, 11) is 0. The van der Waals surface area contributed by atoms with Crippen molar-refractivity contribution >= 4 is 17.9 Å². The highest BCUT2D eigenvalue weighted by Crippen LogP contribution is 2.16. The molecule has 1 unspecified atom stereocenters. The first-order valence-corrected chi connectivity index (χ1v) is 29.4. The van der Waals surface area contributed by atoms with E-state index in [4.69, 9.17) is 14.2 Å². The molecule has 6 heteroatoms. The van der Waals surface area contributed by atoms with Gasteiger partial charge in [0.15, 0.2) is 6.10 Å². The molecule has 0 amide bonds. The van der Waals surface area contributed by atoms with E-state index < -0.39 is 6.10 Å². The second-order valence-corrected chi connectivity index (χ2v) is 19.5. The maximum Gasteiger partial charge on any atom is 0.306 e. The van der Waals surface area contributed by atoms with Crippen LogP contribution >= 0.6 is 0 Å². The average Bonchev–Trinajstić information content (AvgIpc) is 3.35. The minimum atomic E-state index is -0.767. The SMILES string of the molecule is CC/C=C\C/C=C\C/C=C\C/C=C\C/C=C\C/C=C\CCCCCCCCCCCCCCCCC(=O)OCC(COC(=O)CCCCCCCCC)OC(=O)CCCCCCCCCCCCC. The van der Waals surface area contributed by atoms with Crippen LogP contribution in [0.25, 0.3) is 0 Å². The summed E-state index contributed by atoms with van der Waals surface area (Å²) in [6.45, 7) is 6.49. The second-order valence-electron chi connectivity index (χ2n) is 19.5. The highest BCUT2D eigenvalue weighted by molar-refractivity contribution is 5.71. The monoisotopic (exact) mass is 963 g/mol. The molecule has 0 fully saturated rings. The molecule has 6 nitrogen and oxygen atoms in total. The van der Waals surface area contributed by atoms with E-state index in [2.05, 4.69) is 93.7 Å². The van der Waals surface area contributed by atoms with Gasteiger partial charge in [-0.3, -0.25) is 14.4 Å². The van der Waals surface area contributed by atoms with E-state index in [1.165, 1.54) is 154 Å². The van der Waals surface area contributed by atoms with Gasteiger partial charge in [-0.2, -0.15) is 0 Å². The Morgan fingerprint density at radius 3 is 0.884 bits per heavy atom. The smallest absolute Gasteiger partial charge is 0.306 e. The molecule has 1 atom stereocenters. The van der Waals surface area contributed by atoms with E-state index in [0.29, 0.717) is 19.3 Å². The number of ether oxygens (including phenoxy) is 3. The Labute approximate surface area is 427 Å². The maximum atomic E-state index is 12.7. The number of hydrogen-bond donors (Lipinski definition) is 0. The first kappa shape index (κ1) is 65.8. The molecule has 0 heterocycles. The summed E-state index contributed by atoms with van der Waals surface area (Å²) in [6.07, 6.45) is 73.6. The minimum Gasteiger partial charge on any atom is -0.462 e. The van der Waals surface area contributed by atoms with Gasteiger partial charge in [0.25, 0.3) is 0 Å². The summed E-state index contributed by atoms with van der Waals surface area (Å²) in [4.78, 5) is 37.8. The summed E-state index contributed by atoms with van der Waals surface area (Å²) < 4.78 is 16.7. The molecule has 0 spiro atoms. The Morgan fingerprint density at radius 1 is 0.304 bits per heavy atom. The lowest BCUT2D eigenvalue weighted by Crippen LogP contribution is -2.30. The zero-order chi connectivity index (χ0) is 50.0. The van der Waals surface area contributed by atoms with Gasteiger partial charge < -0.3 is 14.2 Å². The Bertz CT molecular complexity index is 1290. The number of allylic oxidation sites excluding steroid dienone is 12. The van der Waals surface area contributed by atoms with Gasteiger partial charge in [0.05, 0.1) is 0 Å². The third-order valence-corrected chi connectivity index (χ3v) is 12.7. The van der Waals surface area contributed by atoms with Gasteiger partial charge in [-0.05, 0) is 70.6 Å². The van der Waals surface area contributed by atoms with Crippen LogP contribution in [0.3, 0.4) is 0 Å². The van der Waals surface area contributed by atoms with Crippen molar-refractivity contribution in [1.82, 2.24) is 0 Å². The fraction of sp³-hybridized carbons (Fsp3) is 0.762. The van der Waals surface area contributed by atoms with E-state index in [1.807, 2.05) is 0 Å². The summed E-state index contributed by atoms with van der Waals surface area (Å²) >= 11 is 0. The van der Waals surface area contributed by atoms with Crippen LogP contribution in [-0.4, -0.2) is 37.2 Å². The van der Waals surface area contributed by atoms with Crippen molar-refractivity contribution in [3.8, 4) is 0 Å². The Kier molecular flexibility index (Phi) is 54.8. The topological polar surface area (TPSA) is 78.9 Å². The molecule has 0 rings (SSSR count). The van der Waals surface area contributed by atoms with Crippen molar-refractivity contribution in [1.29, 1.82) is 0 Å². The Balaban J connectivity index is 3.98. The lowest BCUT2D eigenvalue weighted by molar-refractivity contribution is -0.167. The summed E-state index contributed by atoms with van der Waals surface area (Å²) in [5.41, 5.74) is 0. The molecular formula is C63H110O6. The van der Waals surface area contributed by atoms with Crippen molar-refractivity contribution < 1.29 is 28.6 Å². The first-order chi connectivity index (χ1) is 34.0. The number of esters is 3. The quantitative estimate of drug-likeness (QED) is 0.0262. The normalized spacial score (nSPS) is 12.6. The molecule has 0 saturated heterocycles. The standard InChI is InChI=1S/C63H110O6/c1-4-7-10-13-16-18-20-21-22-23-24-25-26-27-28-29-30-31-32-33-34-35-36-37-38-39-40-41-43-44-47-50-53-56-62(65)68-59-60(58-67-61(64)55-52-49-46-15-12-9-6-3)69-63(66)57-54-51-48-45-42-19-17-14-11-8-5-2/h7,10,16,18,21-22,24-25,27-28,30-31,60H,4-6,8-9,11-15,17,19-20,23,26,29,32-59H2,1-3H3/b10-7-,18-16-,22-21-,25-24-,28-27-,31-30-. The van der Waals surface area contributed by atoms with Crippen molar-refractivity contribution in [2.24, 2.45) is 0 Å². The molecule has 0 saturated carbocycles. The number of carbonyl (C=O) groups excluding carboxylic acids is 3. The van der Waals surface area contributed by atoms with E-state index in [9.17, 15) is 14.4 Å². The van der Waals surface area contributed by atoms with Crippen LogP contribution < -0.4 is 0 Å². The number of rotatable bonds is 53. The molecule has 0 N–H and O–H groups in total. The van der Waals surface area contributed by atoms with Crippen LogP contribution in [0.15, 0.2) is 72.9 Å². The zero-order valence-electron chi connectivity index (χ0n) is 45.6. The van der Waals surface area contributed by atoms with Crippen LogP contribution in [0.1, 0.15) is 290 Å². The van der Waals surface area contributed by atoms with Crippen LogP contribution in [0.5, 0.6) is 0 Å². The Hall–Kier alpha value is -3.15. The molecule has 0 bridgehead atoms. The van der Waals surface area contributed by atoms with Crippen molar-refractivity contribution in [3.05, 3.63) is 72.9 Å². The van der Waals surface area contributed by atoms with E-state index in [-0.39, 0.29) is 31.1 Å². The molecule has 0 radical (unpaired) electrons. The largest absolute Gasteiger partial charge is 0.462 e. The van der Waals surface area contributed by atoms with E-state index in [1.54, 1.807) is 0 Å². The van der Waals surface area contributed by atoms with Gasteiger partial charge in [0.1, 0.15) is 13.2 Å². The van der Waals surface area contributed by atoms with Crippen LogP contribution in [0, 0.1) is 0 Å². The van der Waals surface area contributed by atoms with Crippen LogP contribution in [0.2, 0.25) is 0 Å². The molecule has 69 heavy (non-hydrogen) atoms. The van der Waals surface area contributed by atoms with Gasteiger partial charge in [-0.15, -0.1) is 0 Å². The fourth-order valence-electron chi connectivity index (χ4n) is 8.33. The van der Waals surface area contributed by atoms with Gasteiger partial charge >= 0.3 is 17.9 Å². The van der Waals surface area contributed by atoms with Crippen molar-refractivity contribution in [2.75, 3.05) is 13.2 Å². The molecule has 0 aliphatic carbocycles. The predicted molar refractivity (Wildman–Crippen MR) is 298 cm³/mol. The molecule has 0 aliphatic heterocycles. The van der Waals surface area contributed by atoms with Gasteiger partial charge in [-0.25, -0.2) is 0 Å². The van der Waals surface area contributed by atoms with E-state index >= 15 is 0 Å². The molecule has 0 aromatic carbocycles. The van der Waals surface area contributed by atoms with Gasteiger partial charge in [0, 0.05) is 19.3 Å².